The van der Waals surface area contributed by atoms with E-state index < -0.39 is 106 Å². The molecule has 11 atom stereocenters. The first kappa shape index (κ1) is 40.2. The standard InChI is InChI=1S/C39H52O14/c1-12-20(4)30(43)53-33-35(6,7)27(26(31(44)47-10)50-21(5)40)37(9)23-13-15-36(8)24(17-25(41)51-28(36)22-14-16-49-18-22)39(23,48-11)34(38(33,46)32(37)45)52-29(42)19(2)3/h12,14,16-19,23,26-28,32-34,45-46H,13,15H2,1-11H3/b20-12+/t23-,26-,27+,28+,32?,33+,34-,36-,37-,38+,39-/m1/s1. The van der Waals surface area contributed by atoms with Gasteiger partial charge in [-0.3, -0.25) is 9.59 Å². The lowest BCUT2D eigenvalue weighted by Crippen LogP contribution is -2.88. The van der Waals surface area contributed by atoms with E-state index in [2.05, 4.69) is 0 Å². The molecule has 14 nitrogen and oxygen atoms in total. The van der Waals surface area contributed by atoms with Crippen LogP contribution < -0.4 is 0 Å². The summed E-state index contributed by atoms with van der Waals surface area (Å²) >= 11 is 0. The van der Waals surface area contributed by atoms with Crippen molar-refractivity contribution in [3.05, 3.63) is 47.5 Å². The van der Waals surface area contributed by atoms with Gasteiger partial charge in [-0.1, -0.05) is 47.6 Å². The lowest BCUT2D eigenvalue weighted by molar-refractivity contribution is -0.388. The summed E-state index contributed by atoms with van der Waals surface area (Å²) in [5, 5.41) is 26.4. The molecule has 292 valence electrons. The van der Waals surface area contributed by atoms with Gasteiger partial charge in [0.25, 0.3) is 0 Å². The van der Waals surface area contributed by atoms with Gasteiger partial charge in [-0.15, -0.1) is 0 Å². The van der Waals surface area contributed by atoms with Crippen molar-refractivity contribution in [2.24, 2.45) is 34.0 Å². The van der Waals surface area contributed by atoms with Gasteiger partial charge in [0, 0.05) is 59.3 Å². The van der Waals surface area contributed by atoms with Crippen LogP contribution in [-0.2, 0) is 52.4 Å². The Bertz CT molecular complexity index is 1710. The number of allylic oxidation sites excluding steroid dienone is 1. The highest BCUT2D eigenvalue weighted by molar-refractivity contribution is 5.88. The van der Waals surface area contributed by atoms with Crippen LogP contribution >= 0.6 is 0 Å². The number of hydrogen-bond acceptors (Lipinski definition) is 14. The van der Waals surface area contributed by atoms with Crippen molar-refractivity contribution in [2.75, 3.05) is 14.2 Å². The van der Waals surface area contributed by atoms with Crippen molar-refractivity contribution in [3.63, 3.8) is 0 Å². The molecule has 2 bridgehead atoms. The van der Waals surface area contributed by atoms with E-state index in [1.807, 2.05) is 6.92 Å². The molecule has 1 aromatic rings. The summed E-state index contributed by atoms with van der Waals surface area (Å²) in [5.74, 6) is -7.13. The normalized spacial score (nSPS) is 38.0. The van der Waals surface area contributed by atoms with E-state index >= 15 is 0 Å². The van der Waals surface area contributed by atoms with E-state index in [1.165, 1.54) is 38.7 Å². The summed E-state index contributed by atoms with van der Waals surface area (Å²) in [6.07, 6.45) is -1.95. The Labute approximate surface area is 309 Å². The van der Waals surface area contributed by atoms with Crippen molar-refractivity contribution in [1.82, 2.24) is 0 Å². The largest absolute Gasteiger partial charge is 0.472 e. The van der Waals surface area contributed by atoms with Gasteiger partial charge in [-0.25, -0.2) is 14.4 Å². The maximum atomic E-state index is 13.8. The first-order valence-electron chi connectivity index (χ1n) is 17.9. The molecule has 1 aromatic heterocycles. The van der Waals surface area contributed by atoms with E-state index in [0.29, 0.717) is 17.6 Å². The Balaban J connectivity index is 1.93. The zero-order valence-corrected chi connectivity index (χ0v) is 32.2. The Morgan fingerprint density at radius 3 is 2.21 bits per heavy atom. The minimum atomic E-state index is -2.68. The fraction of sp³-hybridized carbons (Fsp3) is 0.667. The minimum Gasteiger partial charge on any atom is -0.472 e. The summed E-state index contributed by atoms with van der Waals surface area (Å²) in [6.45, 7) is 14.2. The predicted molar refractivity (Wildman–Crippen MR) is 184 cm³/mol. The Morgan fingerprint density at radius 1 is 1.02 bits per heavy atom. The average Bonchev–Trinajstić information content (AvgIpc) is 3.64. The third-order valence-electron chi connectivity index (χ3n) is 12.6. The highest BCUT2D eigenvalue weighted by Crippen LogP contribution is 2.74. The molecule has 1 unspecified atom stereocenters. The summed E-state index contributed by atoms with van der Waals surface area (Å²) in [7, 11) is 2.47. The van der Waals surface area contributed by atoms with Crippen LogP contribution in [0.5, 0.6) is 0 Å². The number of aliphatic hydroxyl groups is 2. The van der Waals surface area contributed by atoms with E-state index in [0.717, 1.165) is 14.0 Å². The van der Waals surface area contributed by atoms with E-state index in [1.54, 1.807) is 47.6 Å². The molecule has 3 fully saturated rings. The summed E-state index contributed by atoms with van der Waals surface area (Å²) in [6, 6.07) is 1.67. The number of cyclic esters (lactones) is 1. The third-order valence-corrected chi connectivity index (χ3v) is 12.6. The molecule has 14 heteroatoms. The number of aliphatic hydroxyl groups excluding tert-OH is 1. The molecule has 0 spiro atoms. The number of methoxy groups -OCH3 is 2. The number of hydrogen-bond donors (Lipinski definition) is 2. The van der Waals surface area contributed by atoms with E-state index in [4.69, 9.17) is 32.8 Å². The number of fused-ring (bicyclic) bond motifs is 6. The second-order valence-electron chi connectivity index (χ2n) is 16.2. The van der Waals surface area contributed by atoms with Crippen LogP contribution in [-0.4, -0.2) is 89.9 Å². The number of carbonyl (C=O) groups is 5. The Kier molecular flexibility index (Phi) is 10.4. The second-order valence-corrected chi connectivity index (χ2v) is 16.2. The molecular formula is C39H52O14. The SMILES string of the molecule is C/C=C(\C)C(=O)O[C@H]1C(C)(C)[C@H]([C@@H](OC(C)=O)C(=O)OC)[C@]2(C)C(O)[C@@]1(O)[C@@H](OC(=O)C(C)C)[C@]1(OC)C3=CC(=O)O[C@@H](c4ccoc4)[C@]3(C)CC[C@@H]12. The van der Waals surface area contributed by atoms with Crippen LogP contribution in [0.3, 0.4) is 0 Å². The van der Waals surface area contributed by atoms with Crippen LogP contribution in [0.4, 0.5) is 0 Å². The van der Waals surface area contributed by atoms with Crippen molar-refractivity contribution in [2.45, 2.75) is 117 Å². The summed E-state index contributed by atoms with van der Waals surface area (Å²) in [4.78, 5) is 67.7. The van der Waals surface area contributed by atoms with Gasteiger partial charge < -0.3 is 43.1 Å². The van der Waals surface area contributed by atoms with Crippen molar-refractivity contribution < 1.29 is 67.0 Å². The number of rotatable bonds is 9. The zero-order valence-electron chi connectivity index (χ0n) is 32.2. The maximum absolute atomic E-state index is 13.8. The molecule has 2 N–H and O–H groups in total. The van der Waals surface area contributed by atoms with Crippen LogP contribution in [0.1, 0.15) is 86.8 Å². The lowest BCUT2D eigenvalue weighted by Gasteiger charge is -2.75. The zero-order chi connectivity index (χ0) is 39.6. The molecule has 3 saturated carbocycles. The van der Waals surface area contributed by atoms with Crippen LogP contribution in [0.15, 0.2) is 46.3 Å². The lowest BCUT2D eigenvalue weighted by atomic mass is 9.34. The van der Waals surface area contributed by atoms with Crippen molar-refractivity contribution in [1.29, 1.82) is 0 Å². The number of carbonyl (C=O) groups excluding carboxylic acids is 5. The number of ether oxygens (including phenoxy) is 6. The quantitative estimate of drug-likeness (QED) is 0.210. The van der Waals surface area contributed by atoms with Gasteiger partial charge in [0.15, 0.2) is 11.7 Å². The van der Waals surface area contributed by atoms with Crippen molar-refractivity contribution >= 4 is 29.8 Å². The molecule has 1 aliphatic heterocycles. The van der Waals surface area contributed by atoms with Gasteiger partial charge in [0.1, 0.15) is 17.8 Å². The molecule has 53 heavy (non-hydrogen) atoms. The fourth-order valence-corrected chi connectivity index (χ4v) is 10.4. The minimum absolute atomic E-state index is 0.157. The number of esters is 5. The van der Waals surface area contributed by atoms with Gasteiger partial charge in [-0.2, -0.15) is 0 Å². The fourth-order valence-electron chi connectivity index (χ4n) is 10.4. The van der Waals surface area contributed by atoms with Crippen molar-refractivity contribution in [3.8, 4) is 0 Å². The maximum Gasteiger partial charge on any atom is 0.347 e. The first-order valence-corrected chi connectivity index (χ1v) is 17.9. The number of furan rings is 1. The van der Waals surface area contributed by atoms with Crippen LogP contribution in [0.2, 0.25) is 0 Å². The molecule has 0 amide bonds. The molecule has 0 aromatic carbocycles. The molecule has 3 aliphatic carbocycles. The van der Waals surface area contributed by atoms with Crippen LogP contribution in [0.25, 0.3) is 0 Å². The highest BCUT2D eigenvalue weighted by Gasteiger charge is 2.85. The molecule has 4 aliphatic rings. The van der Waals surface area contributed by atoms with E-state index in [9.17, 15) is 34.2 Å². The first-order chi connectivity index (χ1) is 24.6. The predicted octanol–water partition coefficient (Wildman–Crippen LogP) is 3.92. The Morgan fingerprint density at radius 2 is 1.68 bits per heavy atom. The molecule has 5 rings (SSSR count). The van der Waals surface area contributed by atoms with Gasteiger partial charge in [0.2, 0.25) is 6.10 Å². The van der Waals surface area contributed by atoms with Gasteiger partial charge >= 0.3 is 29.8 Å². The molecule has 0 radical (unpaired) electrons. The topological polar surface area (TPSA) is 194 Å². The summed E-state index contributed by atoms with van der Waals surface area (Å²) in [5.41, 5.74) is -7.94. The van der Waals surface area contributed by atoms with Crippen LogP contribution in [0, 0.1) is 34.0 Å². The highest BCUT2D eigenvalue weighted by atomic mass is 16.6. The molecule has 2 heterocycles. The third kappa shape index (κ3) is 5.65. The monoisotopic (exact) mass is 744 g/mol. The molecule has 0 saturated heterocycles. The smallest absolute Gasteiger partial charge is 0.347 e. The average molecular weight is 745 g/mol. The van der Waals surface area contributed by atoms with E-state index in [-0.39, 0.29) is 12.0 Å². The van der Waals surface area contributed by atoms with Gasteiger partial charge in [-0.05, 0) is 38.3 Å². The summed E-state index contributed by atoms with van der Waals surface area (Å²) < 4.78 is 41.3. The molecular weight excluding hydrogens is 692 g/mol. The Hall–Kier alpha value is -4.01. The second kappa shape index (κ2) is 13.7. The van der Waals surface area contributed by atoms with Gasteiger partial charge in [0.05, 0.1) is 31.7 Å².